The fourth-order valence-electron chi connectivity index (χ4n) is 1.61. The monoisotopic (exact) mass is 172 g/mol. The summed E-state index contributed by atoms with van der Waals surface area (Å²) in [6.45, 7) is 7.86. The van der Waals surface area contributed by atoms with Crippen LogP contribution >= 0.6 is 0 Å². The molecule has 1 saturated heterocycles. The molecule has 3 N–H and O–H groups in total. The molecule has 0 aromatic carbocycles. The largest absolute Gasteiger partial charge is 0.374 e. The lowest BCUT2D eigenvalue weighted by Crippen LogP contribution is -2.41. The predicted octanol–water partition coefficient (Wildman–Crippen LogP) is 0.491. The van der Waals surface area contributed by atoms with Crippen LogP contribution in [0.5, 0.6) is 0 Å². The summed E-state index contributed by atoms with van der Waals surface area (Å²) in [5.41, 5.74) is 5.56. The molecule has 0 aromatic heterocycles. The van der Waals surface area contributed by atoms with Gasteiger partial charge in [0, 0.05) is 18.6 Å². The maximum absolute atomic E-state index is 5.59. The normalized spacial score (nSPS) is 30.5. The molecule has 3 nitrogen and oxygen atoms in total. The Labute approximate surface area is 74.7 Å². The van der Waals surface area contributed by atoms with Crippen molar-refractivity contribution in [1.82, 2.24) is 5.32 Å². The van der Waals surface area contributed by atoms with Crippen LogP contribution in [-0.4, -0.2) is 30.8 Å². The van der Waals surface area contributed by atoms with Crippen molar-refractivity contribution >= 4 is 0 Å². The molecule has 0 aliphatic carbocycles. The van der Waals surface area contributed by atoms with Crippen LogP contribution < -0.4 is 11.1 Å². The first-order valence-corrected chi connectivity index (χ1v) is 4.63. The van der Waals surface area contributed by atoms with Crippen LogP contribution in [0, 0.1) is 0 Å². The Hall–Kier alpha value is -0.120. The Balaban J connectivity index is 2.28. The number of hydrogen-bond acceptors (Lipinski definition) is 3. The maximum atomic E-state index is 5.59. The number of hydrogen-bond donors (Lipinski definition) is 2. The van der Waals surface area contributed by atoms with Gasteiger partial charge in [-0.05, 0) is 27.2 Å². The van der Waals surface area contributed by atoms with Crippen molar-refractivity contribution in [3.63, 3.8) is 0 Å². The Morgan fingerprint density at radius 1 is 1.67 bits per heavy atom. The second kappa shape index (κ2) is 3.73. The van der Waals surface area contributed by atoms with Gasteiger partial charge in [0.15, 0.2) is 0 Å². The molecule has 1 rings (SSSR count). The van der Waals surface area contributed by atoms with E-state index in [-0.39, 0.29) is 5.60 Å². The minimum atomic E-state index is 0.0476. The summed E-state index contributed by atoms with van der Waals surface area (Å²) in [6, 6.07) is 0.881. The second-order valence-electron chi connectivity index (χ2n) is 4.28. The summed E-state index contributed by atoms with van der Waals surface area (Å²) in [5.74, 6) is 0. The second-order valence-corrected chi connectivity index (χ2v) is 4.28. The molecule has 0 spiro atoms. The molecular formula is C9H20N2O. The SMILES string of the molecule is CC(CN)NC1COC(C)(C)C1. The molecule has 3 heteroatoms. The zero-order chi connectivity index (χ0) is 9.19. The van der Waals surface area contributed by atoms with Crippen LogP contribution in [0.3, 0.4) is 0 Å². The van der Waals surface area contributed by atoms with Crippen molar-refractivity contribution in [3.8, 4) is 0 Å². The Morgan fingerprint density at radius 2 is 2.33 bits per heavy atom. The molecule has 0 amide bonds. The Morgan fingerprint density at radius 3 is 2.75 bits per heavy atom. The first-order chi connectivity index (χ1) is 5.53. The predicted molar refractivity (Wildman–Crippen MR) is 50.1 cm³/mol. The van der Waals surface area contributed by atoms with Gasteiger partial charge in [-0.25, -0.2) is 0 Å². The molecule has 72 valence electrons. The fourth-order valence-corrected chi connectivity index (χ4v) is 1.61. The molecule has 2 atom stereocenters. The summed E-state index contributed by atoms with van der Waals surface area (Å²) in [4.78, 5) is 0. The van der Waals surface area contributed by atoms with Crippen molar-refractivity contribution in [2.24, 2.45) is 5.73 Å². The van der Waals surface area contributed by atoms with E-state index in [1.54, 1.807) is 0 Å². The van der Waals surface area contributed by atoms with Gasteiger partial charge in [-0.3, -0.25) is 0 Å². The third kappa shape index (κ3) is 2.73. The lowest BCUT2D eigenvalue weighted by molar-refractivity contribution is 0.0356. The van der Waals surface area contributed by atoms with E-state index in [1.165, 1.54) is 0 Å². The van der Waals surface area contributed by atoms with Crippen molar-refractivity contribution in [1.29, 1.82) is 0 Å². The van der Waals surface area contributed by atoms with Crippen molar-refractivity contribution in [2.45, 2.75) is 44.9 Å². The van der Waals surface area contributed by atoms with Crippen molar-refractivity contribution < 1.29 is 4.74 Å². The standard InChI is InChI=1S/C9H20N2O/c1-7(5-10)11-8-4-9(2,3)12-6-8/h7-8,11H,4-6,10H2,1-3H3. The van der Waals surface area contributed by atoms with Gasteiger partial charge in [0.2, 0.25) is 0 Å². The molecule has 1 fully saturated rings. The zero-order valence-electron chi connectivity index (χ0n) is 8.26. The topological polar surface area (TPSA) is 47.3 Å². The van der Waals surface area contributed by atoms with E-state index >= 15 is 0 Å². The highest BCUT2D eigenvalue weighted by atomic mass is 16.5. The molecular weight excluding hydrogens is 152 g/mol. The third-order valence-corrected chi connectivity index (χ3v) is 2.29. The Bertz CT molecular complexity index is 147. The molecule has 0 radical (unpaired) electrons. The van der Waals surface area contributed by atoms with Gasteiger partial charge in [0.25, 0.3) is 0 Å². The van der Waals surface area contributed by atoms with Crippen LogP contribution in [0.1, 0.15) is 27.2 Å². The quantitative estimate of drug-likeness (QED) is 0.651. The van der Waals surface area contributed by atoms with Crippen LogP contribution in [0.15, 0.2) is 0 Å². The van der Waals surface area contributed by atoms with E-state index in [0.717, 1.165) is 13.0 Å². The summed E-state index contributed by atoms with van der Waals surface area (Å²) in [7, 11) is 0. The van der Waals surface area contributed by atoms with Crippen molar-refractivity contribution in [3.05, 3.63) is 0 Å². The van der Waals surface area contributed by atoms with Gasteiger partial charge in [-0.2, -0.15) is 0 Å². The first kappa shape index (κ1) is 9.96. The number of rotatable bonds is 3. The molecule has 12 heavy (non-hydrogen) atoms. The van der Waals surface area contributed by atoms with Gasteiger partial charge < -0.3 is 15.8 Å². The highest BCUT2D eigenvalue weighted by Gasteiger charge is 2.31. The Kier molecular flexibility index (Phi) is 3.09. The van der Waals surface area contributed by atoms with Gasteiger partial charge >= 0.3 is 0 Å². The fraction of sp³-hybridized carbons (Fsp3) is 1.00. The molecule has 1 aliphatic rings. The van der Waals surface area contributed by atoms with E-state index in [1.807, 2.05) is 0 Å². The average molecular weight is 172 g/mol. The van der Waals surface area contributed by atoms with Crippen LogP contribution in [0.25, 0.3) is 0 Å². The molecule has 0 saturated carbocycles. The lowest BCUT2D eigenvalue weighted by Gasteiger charge is -2.18. The maximum Gasteiger partial charge on any atom is 0.0643 e. The molecule has 1 heterocycles. The van der Waals surface area contributed by atoms with E-state index in [4.69, 9.17) is 10.5 Å². The van der Waals surface area contributed by atoms with Crippen molar-refractivity contribution in [2.75, 3.05) is 13.2 Å². The molecule has 2 unspecified atom stereocenters. The smallest absolute Gasteiger partial charge is 0.0643 e. The van der Waals surface area contributed by atoms with Crippen LogP contribution in [0.2, 0.25) is 0 Å². The van der Waals surface area contributed by atoms with Gasteiger partial charge in [-0.15, -0.1) is 0 Å². The van der Waals surface area contributed by atoms with E-state index < -0.39 is 0 Å². The number of ether oxygens (including phenoxy) is 1. The minimum absolute atomic E-state index is 0.0476. The molecule has 0 aromatic rings. The average Bonchev–Trinajstić information content (AvgIpc) is 2.30. The third-order valence-electron chi connectivity index (χ3n) is 2.29. The summed E-state index contributed by atoms with van der Waals surface area (Å²) >= 11 is 0. The summed E-state index contributed by atoms with van der Waals surface area (Å²) in [5, 5.41) is 3.43. The number of nitrogens with two attached hydrogens (primary N) is 1. The first-order valence-electron chi connectivity index (χ1n) is 4.63. The highest BCUT2D eigenvalue weighted by molar-refractivity contribution is 4.86. The summed E-state index contributed by atoms with van der Waals surface area (Å²) in [6.07, 6.45) is 1.08. The molecule has 0 bridgehead atoms. The van der Waals surface area contributed by atoms with Gasteiger partial charge in [0.1, 0.15) is 0 Å². The van der Waals surface area contributed by atoms with Crippen LogP contribution in [0.4, 0.5) is 0 Å². The van der Waals surface area contributed by atoms with E-state index in [2.05, 4.69) is 26.1 Å². The number of nitrogens with one attached hydrogen (secondary N) is 1. The molecule has 1 aliphatic heterocycles. The van der Waals surface area contributed by atoms with Crippen LogP contribution in [-0.2, 0) is 4.74 Å². The zero-order valence-corrected chi connectivity index (χ0v) is 8.26. The lowest BCUT2D eigenvalue weighted by atomic mass is 10.0. The van der Waals surface area contributed by atoms with Gasteiger partial charge in [0.05, 0.1) is 12.2 Å². The van der Waals surface area contributed by atoms with E-state index in [9.17, 15) is 0 Å². The minimum Gasteiger partial charge on any atom is -0.374 e. The van der Waals surface area contributed by atoms with E-state index in [0.29, 0.717) is 18.6 Å². The summed E-state index contributed by atoms with van der Waals surface area (Å²) < 4.78 is 5.59. The highest BCUT2D eigenvalue weighted by Crippen LogP contribution is 2.24. The van der Waals surface area contributed by atoms with Gasteiger partial charge in [-0.1, -0.05) is 0 Å².